The third-order valence-corrected chi connectivity index (χ3v) is 17.4. The summed E-state index contributed by atoms with van der Waals surface area (Å²) in [5.74, 6) is 2.72. The lowest BCUT2D eigenvalue weighted by molar-refractivity contribution is -0.124. The molecule has 1 aromatic carbocycles. The van der Waals surface area contributed by atoms with Gasteiger partial charge in [-0.25, -0.2) is 0 Å². The number of nitrogens with zero attached hydrogens (tertiary/aromatic N) is 2. The summed E-state index contributed by atoms with van der Waals surface area (Å²) in [6, 6.07) is 16.7. The number of amides is 2. The SMILES string of the molecule is CCCCCCCCC(CCCCCC)CN1C(=O)C2=C(c3ccc(-c4cc5c(ccc6cc(C(C)(C)N)sc65)s4)o3)N(CC(CCCCCC)CCCCCC)C(=O)C2=C1c1ccc(C(C)(C)N)o1. The van der Waals surface area contributed by atoms with Crippen LogP contribution < -0.4 is 11.5 Å². The second-order valence-corrected chi connectivity index (χ2v) is 24.1. The van der Waals surface area contributed by atoms with Crippen molar-refractivity contribution in [2.24, 2.45) is 23.3 Å². The molecule has 7 rings (SSSR count). The molecule has 0 bridgehead atoms. The summed E-state index contributed by atoms with van der Waals surface area (Å²) < 4.78 is 16.0. The Labute approximate surface area is 428 Å². The van der Waals surface area contributed by atoms with E-state index in [9.17, 15) is 0 Å². The Kier molecular flexibility index (Phi) is 18.9. The molecule has 0 aliphatic carbocycles. The number of benzene rings is 1. The lowest BCUT2D eigenvalue weighted by Crippen LogP contribution is -2.35. The van der Waals surface area contributed by atoms with Crippen molar-refractivity contribution in [3.05, 3.63) is 81.8 Å². The molecule has 4 aromatic heterocycles. The monoisotopic (exact) mass is 991 g/mol. The molecule has 0 saturated carbocycles. The third-order valence-electron chi connectivity index (χ3n) is 14.8. The van der Waals surface area contributed by atoms with Crippen molar-refractivity contribution in [3.63, 3.8) is 0 Å². The molecule has 4 N–H and O–H groups in total. The number of carbonyl (C=O) groups is 2. The highest BCUT2D eigenvalue weighted by Gasteiger charge is 2.51. The maximum Gasteiger partial charge on any atom is 0.261 e. The standard InChI is InChI=1S/C60H86N4O4S2/c1-9-13-17-21-22-26-30-42(29-25-20-16-12-4)40-64-55(47-34-36-50(68-47)59(5,6)61)53-52(57(64)65)54(63(58(53)66)39-41(27-23-18-14-10-2)28-24-19-15-11-3)46-33-32-45(67-46)49-38-44-48(69-49)35-31-43-37-51(60(7,8)62)70-56(43)44/h31-38,41-42H,9-30,39-40,61-62H2,1-8H3. The molecule has 5 aromatic rings. The first-order valence-corrected chi connectivity index (χ1v) is 29.2. The zero-order chi connectivity index (χ0) is 50.0. The number of thiophene rings is 2. The maximum atomic E-state index is 15.7. The summed E-state index contributed by atoms with van der Waals surface area (Å²) >= 11 is 3.46. The van der Waals surface area contributed by atoms with Crippen molar-refractivity contribution in [1.82, 2.24) is 9.80 Å². The van der Waals surface area contributed by atoms with Crippen LogP contribution in [0.2, 0.25) is 0 Å². The summed E-state index contributed by atoms with van der Waals surface area (Å²) in [5.41, 5.74) is 14.1. The highest BCUT2D eigenvalue weighted by Crippen LogP contribution is 2.50. The van der Waals surface area contributed by atoms with E-state index in [1.54, 1.807) is 22.7 Å². The quantitative estimate of drug-likeness (QED) is 0.0427. The number of unbranched alkanes of at least 4 members (excludes halogenated alkanes) is 14. The molecule has 1 unspecified atom stereocenters. The second-order valence-electron chi connectivity index (χ2n) is 22.0. The fourth-order valence-corrected chi connectivity index (χ4v) is 13.0. The van der Waals surface area contributed by atoms with E-state index in [1.807, 2.05) is 47.9 Å². The molecule has 1 atom stereocenters. The van der Waals surface area contributed by atoms with E-state index in [2.05, 4.69) is 65.8 Å². The minimum Gasteiger partial charge on any atom is -0.458 e. The molecule has 0 fully saturated rings. The summed E-state index contributed by atoms with van der Waals surface area (Å²) in [4.78, 5) is 37.4. The Bertz CT molecular complexity index is 2560. The second kappa shape index (κ2) is 24.6. The highest BCUT2D eigenvalue weighted by molar-refractivity contribution is 7.24. The zero-order valence-corrected chi connectivity index (χ0v) is 45.9. The van der Waals surface area contributed by atoms with Crippen molar-refractivity contribution >= 4 is 66.1 Å². The molecule has 0 spiro atoms. The van der Waals surface area contributed by atoms with Gasteiger partial charge >= 0.3 is 0 Å². The van der Waals surface area contributed by atoms with Crippen molar-refractivity contribution in [1.29, 1.82) is 0 Å². The van der Waals surface area contributed by atoms with E-state index in [0.717, 1.165) is 66.9 Å². The van der Waals surface area contributed by atoms with Gasteiger partial charge in [-0.05, 0) is 113 Å². The molecular formula is C60H86N4O4S2. The van der Waals surface area contributed by atoms with Gasteiger partial charge in [0.1, 0.15) is 22.9 Å². The smallest absolute Gasteiger partial charge is 0.261 e. The van der Waals surface area contributed by atoms with E-state index in [4.69, 9.17) is 20.3 Å². The van der Waals surface area contributed by atoms with Gasteiger partial charge in [0, 0.05) is 38.3 Å². The Morgan fingerprint density at radius 1 is 0.529 bits per heavy atom. The maximum absolute atomic E-state index is 15.7. The van der Waals surface area contributed by atoms with Gasteiger partial charge in [-0.3, -0.25) is 9.59 Å². The van der Waals surface area contributed by atoms with Crippen LogP contribution in [0.5, 0.6) is 0 Å². The number of rotatable bonds is 31. The van der Waals surface area contributed by atoms with Gasteiger partial charge < -0.3 is 30.1 Å². The van der Waals surface area contributed by atoms with Gasteiger partial charge in [-0.15, -0.1) is 22.7 Å². The van der Waals surface area contributed by atoms with Crippen LogP contribution in [0.15, 0.2) is 68.5 Å². The average Bonchev–Trinajstić information content (AvgIpc) is 4.19. The molecule has 2 aliphatic rings. The number of nitrogens with two attached hydrogens (primary N) is 2. The lowest BCUT2D eigenvalue weighted by atomic mass is 9.93. The number of furan rings is 2. The first kappa shape index (κ1) is 53.8. The van der Waals surface area contributed by atoms with Crippen LogP contribution in [0, 0.1) is 11.8 Å². The molecule has 70 heavy (non-hydrogen) atoms. The topological polar surface area (TPSA) is 119 Å². The molecule has 2 aliphatic heterocycles. The summed E-state index contributed by atoms with van der Waals surface area (Å²) in [7, 11) is 0. The summed E-state index contributed by atoms with van der Waals surface area (Å²) in [5, 5.41) is 2.37. The number of fused-ring (bicyclic) bond motifs is 4. The molecular weight excluding hydrogens is 905 g/mol. The zero-order valence-electron chi connectivity index (χ0n) is 44.2. The van der Waals surface area contributed by atoms with Gasteiger partial charge in [0.2, 0.25) is 0 Å². The third kappa shape index (κ3) is 12.8. The normalized spacial score (nSPS) is 15.2. The first-order valence-electron chi connectivity index (χ1n) is 27.6. The van der Waals surface area contributed by atoms with Gasteiger partial charge in [0.25, 0.3) is 11.8 Å². The van der Waals surface area contributed by atoms with E-state index >= 15 is 9.59 Å². The van der Waals surface area contributed by atoms with Gasteiger partial charge in [-0.1, -0.05) is 149 Å². The van der Waals surface area contributed by atoms with Crippen LogP contribution in [-0.4, -0.2) is 34.7 Å². The fourth-order valence-electron chi connectivity index (χ4n) is 10.7. The average molecular weight is 992 g/mol. The summed E-state index contributed by atoms with van der Waals surface area (Å²) in [6.45, 7) is 18.1. The van der Waals surface area contributed by atoms with Crippen molar-refractivity contribution in [2.75, 3.05) is 13.1 Å². The van der Waals surface area contributed by atoms with Gasteiger partial charge in [0.15, 0.2) is 11.5 Å². The molecule has 0 radical (unpaired) electrons. The van der Waals surface area contributed by atoms with E-state index < -0.39 is 11.1 Å². The Hall–Kier alpha value is -3.96. The minimum atomic E-state index is -0.745. The van der Waals surface area contributed by atoms with Crippen molar-refractivity contribution in [3.8, 4) is 10.6 Å². The predicted octanol–water partition coefficient (Wildman–Crippen LogP) is 17.1. The molecule has 382 valence electrons. The van der Waals surface area contributed by atoms with Crippen molar-refractivity contribution in [2.45, 2.75) is 208 Å². The Morgan fingerprint density at radius 2 is 0.986 bits per heavy atom. The van der Waals surface area contributed by atoms with Crippen LogP contribution in [0.1, 0.15) is 219 Å². The number of hydrogen-bond acceptors (Lipinski definition) is 8. The van der Waals surface area contributed by atoms with Crippen LogP contribution in [0.4, 0.5) is 0 Å². The highest BCUT2D eigenvalue weighted by atomic mass is 32.1. The Morgan fingerprint density at radius 3 is 1.47 bits per heavy atom. The fraction of sp³-hybridized carbons (Fsp3) is 0.600. The minimum absolute atomic E-state index is 0.136. The number of hydrogen-bond donors (Lipinski definition) is 2. The molecule has 10 heteroatoms. The molecule has 6 heterocycles. The van der Waals surface area contributed by atoms with E-state index in [0.29, 0.717) is 52.9 Å². The van der Waals surface area contributed by atoms with E-state index in [1.165, 1.54) is 110 Å². The van der Waals surface area contributed by atoms with Crippen LogP contribution in [0.25, 0.3) is 42.2 Å². The first-order chi connectivity index (χ1) is 33.7. The van der Waals surface area contributed by atoms with E-state index in [-0.39, 0.29) is 23.7 Å². The molecule has 2 amide bonds. The predicted molar refractivity (Wildman–Crippen MR) is 297 cm³/mol. The number of carbonyl (C=O) groups excluding carboxylic acids is 2. The Balaban J connectivity index is 1.33. The lowest BCUT2D eigenvalue weighted by Gasteiger charge is -2.29. The van der Waals surface area contributed by atoms with Crippen LogP contribution in [0.3, 0.4) is 0 Å². The van der Waals surface area contributed by atoms with Crippen LogP contribution in [-0.2, 0) is 20.7 Å². The van der Waals surface area contributed by atoms with Crippen molar-refractivity contribution < 1.29 is 18.4 Å². The largest absolute Gasteiger partial charge is 0.458 e. The summed E-state index contributed by atoms with van der Waals surface area (Å²) in [6.07, 6.45) is 25.6. The van der Waals surface area contributed by atoms with Gasteiger partial charge in [-0.2, -0.15) is 0 Å². The molecule has 8 nitrogen and oxygen atoms in total. The molecule has 0 saturated heterocycles. The van der Waals surface area contributed by atoms with Crippen LogP contribution >= 0.6 is 22.7 Å². The van der Waals surface area contributed by atoms with Gasteiger partial charge in [0.05, 0.1) is 21.6 Å².